The van der Waals surface area contributed by atoms with Gasteiger partial charge in [-0.2, -0.15) is 0 Å². The van der Waals surface area contributed by atoms with Gasteiger partial charge in [-0.25, -0.2) is 0 Å². The molecule has 0 rings (SSSR count). The van der Waals surface area contributed by atoms with Crippen LogP contribution in [0.2, 0.25) is 0 Å². The zero-order chi connectivity index (χ0) is 16.3. The summed E-state index contributed by atoms with van der Waals surface area (Å²) in [6, 6.07) is 0. The van der Waals surface area contributed by atoms with E-state index in [9.17, 15) is 0 Å². The lowest BCUT2D eigenvalue weighted by Gasteiger charge is -2.03. The average Bonchev–Trinajstić information content (AvgIpc) is 2.54. The van der Waals surface area contributed by atoms with Crippen LogP contribution in [0.4, 0.5) is 0 Å². The summed E-state index contributed by atoms with van der Waals surface area (Å²) >= 11 is 0. The first-order chi connectivity index (χ1) is 10.8. The Labute approximate surface area is 139 Å². The van der Waals surface area contributed by atoms with Crippen LogP contribution >= 0.6 is 0 Å². The van der Waals surface area contributed by atoms with E-state index in [1.807, 2.05) is 0 Å². The molecule has 0 spiro atoms. The monoisotopic (exact) mass is 300 g/mol. The Balaban J connectivity index is 3.48. The Hall–Kier alpha value is -1.30. The second-order valence-corrected chi connectivity index (χ2v) is 5.80. The highest BCUT2D eigenvalue weighted by Crippen LogP contribution is 2.09. The number of hydrogen-bond acceptors (Lipinski definition) is 0. The van der Waals surface area contributed by atoms with Crippen LogP contribution in [-0.4, -0.2) is 0 Å². The molecule has 0 aliphatic rings. The summed E-state index contributed by atoms with van der Waals surface area (Å²) in [4.78, 5) is 0. The maximum absolute atomic E-state index is 2.33. The van der Waals surface area contributed by atoms with Gasteiger partial charge in [-0.1, -0.05) is 88.0 Å². The van der Waals surface area contributed by atoms with Crippen molar-refractivity contribution in [3.8, 4) is 0 Å². The second-order valence-electron chi connectivity index (χ2n) is 5.80. The van der Waals surface area contributed by atoms with Crippen molar-refractivity contribution in [3.05, 3.63) is 60.8 Å². The van der Waals surface area contributed by atoms with Gasteiger partial charge in [0.1, 0.15) is 0 Å². The highest BCUT2D eigenvalue weighted by Gasteiger charge is 1.94. The zero-order valence-corrected chi connectivity index (χ0v) is 15.0. The van der Waals surface area contributed by atoms with Crippen LogP contribution in [0.1, 0.15) is 72.1 Å². The Bertz CT molecular complexity index is 352. The summed E-state index contributed by atoms with van der Waals surface area (Å²) in [5.41, 5.74) is 0. The molecule has 0 aliphatic heterocycles. The topological polar surface area (TPSA) is 0 Å². The van der Waals surface area contributed by atoms with E-state index in [2.05, 4.69) is 81.5 Å². The van der Waals surface area contributed by atoms with Gasteiger partial charge >= 0.3 is 0 Å². The normalized spacial score (nSPS) is 14.5. The van der Waals surface area contributed by atoms with Crippen LogP contribution in [0.25, 0.3) is 0 Å². The molecular formula is C22H36. The third kappa shape index (κ3) is 16.8. The zero-order valence-electron chi connectivity index (χ0n) is 15.0. The fraction of sp³-hybridized carbons (Fsp3) is 0.545. The van der Waals surface area contributed by atoms with E-state index >= 15 is 0 Å². The summed E-state index contributed by atoms with van der Waals surface area (Å²) in [5.74, 6) is 0.863. The molecule has 0 aliphatic carbocycles. The summed E-state index contributed by atoms with van der Waals surface area (Å²) < 4.78 is 0. The Morgan fingerprint density at radius 2 is 1.00 bits per heavy atom. The van der Waals surface area contributed by atoms with Crippen LogP contribution in [0.3, 0.4) is 0 Å². The van der Waals surface area contributed by atoms with Crippen molar-refractivity contribution < 1.29 is 0 Å². The van der Waals surface area contributed by atoms with E-state index in [4.69, 9.17) is 0 Å². The average molecular weight is 301 g/mol. The molecule has 1 atom stereocenters. The van der Waals surface area contributed by atoms with Gasteiger partial charge in [-0.05, 0) is 50.9 Å². The molecule has 0 aromatic rings. The van der Waals surface area contributed by atoms with Crippen LogP contribution in [-0.2, 0) is 0 Å². The second kappa shape index (κ2) is 17.8. The fourth-order valence-corrected chi connectivity index (χ4v) is 1.95. The molecule has 0 N–H and O–H groups in total. The predicted molar refractivity (Wildman–Crippen MR) is 103 cm³/mol. The molecule has 0 heteroatoms. The molecule has 0 aromatic carbocycles. The van der Waals surface area contributed by atoms with E-state index in [0.717, 1.165) is 38.0 Å². The van der Waals surface area contributed by atoms with E-state index in [1.165, 1.54) is 19.3 Å². The standard InChI is InChI=1S/C22H36/c1-4-6-7-8-9-10-11-12-13-14-15-16-17-18-19-20-21-22(3)5-2/h6-7,9-10,12-13,15-16,18-19,22H,4-5,8,11,14,17,20-21H2,1-3H3/b7-6-,10-9-,13-12-,16-15-,19-18-. The first-order valence-corrected chi connectivity index (χ1v) is 9.06. The molecule has 0 amide bonds. The number of allylic oxidation sites excluding steroid dienone is 10. The molecule has 0 bridgehead atoms. The highest BCUT2D eigenvalue weighted by atomic mass is 14.0. The van der Waals surface area contributed by atoms with Crippen molar-refractivity contribution in [2.75, 3.05) is 0 Å². The molecule has 0 saturated carbocycles. The van der Waals surface area contributed by atoms with E-state index < -0.39 is 0 Å². The van der Waals surface area contributed by atoms with Gasteiger partial charge in [-0.15, -0.1) is 0 Å². The van der Waals surface area contributed by atoms with E-state index in [-0.39, 0.29) is 0 Å². The minimum Gasteiger partial charge on any atom is -0.0885 e. The molecule has 1 unspecified atom stereocenters. The molecule has 124 valence electrons. The third-order valence-corrected chi connectivity index (χ3v) is 3.68. The van der Waals surface area contributed by atoms with Crippen molar-refractivity contribution in [1.29, 1.82) is 0 Å². The van der Waals surface area contributed by atoms with Crippen LogP contribution in [0, 0.1) is 5.92 Å². The summed E-state index contributed by atoms with van der Waals surface area (Å²) in [6.07, 6.45) is 31.7. The lowest BCUT2D eigenvalue weighted by Crippen LogP contribution is -1.89. The van der Waals surface area contributed by atoms with E-state index in [1.54, 1.807) is 0 Å². The fourth-order valence-electron chi connectivity index (χ4n) is 1.95. The molecule has 0 aromatic heterocycles. The van der Waals surface area contributed by atoms with Gasteiger partial charge in [0.15, 0.2) is 0 Å². The molecule has 0 radical (unpaired) electrons. The van der Waals surface area contributed by atoms with Crippen molar-refractivity contribution in [2.24, 2.45) is 5.92 Å². The van der Waals surface area contributed by atoms with Gasteiger partial charge in [0, 0.05) is 0 Å². The maximum Gasteiger partial charge on any atom is -0.0169 e. The smallest absolute Gasteiger partial charge is 0.0169 e. The molecule has 0 fully saturated rings. The van der Waals surface area contributed by atoms with Crippen molar-refractivity contribution in [1.82, 2.24) is 0 Å². The van der Waals surface area contributed by atoms with E-state index in [0.29, 0.717) is 0 Å². The van der Waals surface area contributed by atoms with Gasteiger partial charge in [0.25, 0.3) is 0 Å². The Morgan fingerprint density at radius 1 is 0.591 bits per heavy atom. The molecule has 22 heavy (non-hydrogen) atoms. The quantitative estimate of drug-likeness (QED) is 0.308. The largest absolute Gasteiger partial charge is 0.0885 e. The minimum absolute atomic E-state index is 0.863. The van der Waals surface area contributed by atoms with Gasteiger partial charge < -0.3 is 0 Å². The summed E-state index contributed by atoms with van der Waals surface area (Å²) in [5, 5.41) is 0. The minimum atomic E-state index is 0.863. The van der Waals surface area contributed by atoms with Crippen molar-refractivity contribution in [2.45, 2.75) is 72.1 Å². The Morgan fingerprint density at radius 3 is 1.41 bits per heavy atom. The first-order valence-electron chi connectivity index (χ1n) is 9.06. The van der Waals surface area contributed by atoms with Crippen LogP contribution in [0.15, 0.2) is 60.8 Å². The highest BCUT2D eigenvalue weighted by molar-refractivity contribution is 5.00. The van der Waals surface area contributed by atoms with Crippen LogP contribution < -0.4 is 0 Å². The van der Waals surface area contributed by atoms with Crippen LogP contribution in [0.5, 0.6) is 0 Å². The van der Waals surface area contributed by atoms with Gasteiger partial charge in [0.05, 0.1) is 0 Å². The van der Waals surface area contributed by atoms with Crippen molar-refractivity contribution in [3.63, 3.8) is 0 Å². The molecule has 0 heterocycles. The Kier molecular flexibility index (Phi) is 16.7. The van der Waals surface area contributed by atoms with Gasteiger partial charge in [-0.3, -0.25) is 0 Å². The van der Waals surface area contributed by atoms with Gasteiger partial charge in [0.2, 0.25) is 0 Å². The molecule has 0 saturated heterocycles. The number of rotatable bonds is 13. The van der Waals surface area contributed by atoms with Crippen molar-refractivity contribution >= 4 is 0 Å². The molecular weight excluding hydrogens is 264 g/mol. The lowest BCUT2D eigenvalue weighted by molar-refractivity contribution is 0.521. The molecule has 0 nitrogen and oxygen atoms in total. The lowest BCUT2D eigenvalue weighted by atomic mass is 10.0. The SMILES string of the molecule is CC/C=C\C/C=C\C/C=C\C/C=C\C/C=C\CCC(C)CC. The summed E-state index contributed by atoms with van der Waals surface area (Å²) in [6.45, 7) is 6.76. The third-order valence-electron chi connectivity index (χ3n) is 3.68. The maximum atomic E-state index is 2.33. The number of hydrogen-bond donors (Lipinski definition) is 0. The predicted octanol–water partition coefficient (Wildman–Crippen LogP) is 7.56. The first kappa shape index (κ1) is 20.7. The summed E-state index contributed by atoms with van der Waals surface area (Å²) in [7, 11) is 0.